The summed E-state index contributed by atoms with van der Waals surface area (Å²) >= 11 is 4.54. The summed E-state index contributed by atoms with van der Waals surface area (Å²) in [6.07, 6.45) is 1.77. The molecule has 1 aromatic heterocycles. The van der Waals surface area contributed by atoms with Crippen LogP contribution in [0.5, 0.6) is 0 Å². The number of H-pyrrole nitrogens is 1. The van der Waals surface area contributed by atoms with Gasteiger partial charge in [-0.2, -0.15) is 5.26 Å². The van der Waals surface area contributed by atoms with Crippen LogP contribution < -0.4 is 5.56 Å². The topological polar surface area (TPSA) is 69.5 Å². The molecule has 0 saturated carbocycles. The van der Waals surface area contributed by atoms with Crippen LogP contribution in [0.2, 0.25) is 0 Å². The third kappa shape index (κ3) is 2.76. The fourth-order valence-electron chi connectivity index (χ4n) is 1.75. The Morgan fingerprint density at radius 1 is 1.55 bits per heavy atom. The van der Waals surface area contributed by atoms with E-state index in [0.717, 1.165) is 0 Å². The van der Waals surface area contributed by atoms with E-state index in [1.807, 2.05) is 6.07 Å². The summed E-state index contributed by atoms with van der Waals surface area (Å²) in [5.41, 5.74) is 0.909. The number of aromatic amines is 1. The minimum absolute atomic E-state index is 0.0726. The molecule has 0 radical (unpaired) electrons. The number of nitrogens with zero attached hydrogens (tertiary/aromatic N) is 2. The van der Waals surface area contributed by atoms with Gasteiger partial charge in [0.25, 0.3) is 5.56 Å². The van der Waals surface area contributed by atoms with Crippen molar-refractivity contribution in [2.75, 3.05) is 6.26 Å². The van der Waals surface area contributed by atoms with E-state index in [0.29, 0.717) is 21.6 Å². The minimum Gasteiger partial charge on any atom is -0.300 e. The molecule has 2 rings (SSSR count). The van der Waals surface area contributed by atoms with E-state index >= 15 is 0 Å². The predicted molar refractivity (Wildman–Crippen MR) is 79.4 cm³/mol. The van der Waals surface area contributed by atoms with Crippen molar-refractivity contribution in [2.45, 2.75) is 10.5 Å². The molecule has 1 heterocycles. The van der Waals surface area contributed by atoms with Crippen LogP contribution in [-0.2, 0) is 5.33 Å². The Bertz CT molecular complexity index is 754. The average molecular weight is 354 g/mol. The van der Waals surface area contributed by atoms with Crippen molar-refractivity contribution >= 4 is 27.7 Å². The number of nitrogens with one attached hydrogen (secondary N) is 1. The molecular weight excluding hydrogens is 345 g/mol. The van der Waals surface area contributed by atoms with E-state index in [1.54, 1.807) is 6.26 Å². The number of rotatable bonds is 3. The van der Waals surface area contributed by atoms with Crippen molar-refractivity contribution in [1.82, 2.24) is 9.97 Å². The van der Waals surface area contributed by atoms with Crippen LogP contribution in [0.4, 0.5) is 4.39 Å². The number of nitriles is 1. The second-order valence-electron chi connectivity index (χ2n) is 3.85. The molecule has 1 aromatic carbocycles. The maximum Gasteiger partial charge on any atom is 0.270 e. The SMILES string of the molecule is CSc1nc(-c2ccc(F)cc2CBr)c(C#N)c(=O)[nH]1. The first kappa shape index (κ1) is 14.8. The van der Waals surface area contributed by atoms with Gasteiger partial charge >= 0.3 is 0 Å². The number of alkyl halides is 1. The monoisotopic (exact) mass is 353 g/mol. The number of hydrogen-bond acceptors (Lipinski definition) is 4. The standard InChI is InChI=1S/C13H9BrFN3OS/c1-20-13-17-11(10(6-16)12(19)18-13)9-3-2-8(15)4-7(9)5-14/h2-4H,5H2,1H3,(H,17,18,19). The van der Waals surface area contributed by atoms with Gasteiger partial charge in [0.2, 0.25) is 0 Å². The lowest BCUT2D eigenvalue weighted by molar-refractivity contribution is 0.626. The lowest BCUT2D eigenvalue weighted by Gasteiger charge is -2.09. The van der Waals surface area contributed by atoms with Crippen molar-refractivity contribution in [3.63, 3.8) is 0 Å². The highest BCUT2D eigenvalue weighted by molar-refractivity contribution is 9.08. The zero-order valence-corrected chi connectivity index (χ0v) is 12.8. The Kier molecular flexibility index (Phi) is 4.57. The molecule has 0 fully saturated rings. The molecule has 0 amide bonds. The summed E-state index contributed by atoms with van der Waals surface area (Å²) in [7, 11) is 0. The summed E-state index contributed by atoms with van der Waals surface area (Å²) in [5.74, 6) is -0.378. The normalized spacial score (nSPS) is 10.3. The Balaban J connectivity index is 2.78. The van der Waals surface area contributed by atoms with Gasteiger partial charge in [0.15, 0.2) is 5.16 Å². The third-order valence-corrected chi connectivity index (χ3v) is 3.85. The zero-order valence-electron chi connectivity index (χ0n) is 10.4. The molecule has 1 N–H and O–H groups in total. The molecule has 7 heteroatoms. The summed E-state index contributed by atoms with van der Waals surface area (Å²) in [5, 5.41) is 9.95. The molecule has 0 atom stereocenters. The zero-order chi connectivity index (χ0) is 14.7. The summed E-state index contributed by atoms with van der Waals surface area (Å²) < 4.78 is 13.3. The van der Waals surface area contributed by atoms with Gasteiger partial charge in [-0.3, -0.25) is 4.79 Å². The summed E-state index contributed by atoms with van der Waals surface area (Å²) in [4.78, 5) is 18.7. The van der Waals surface area contributed by atoms with Gasteiger partial charge in [-0.15, -0.1) is 0 Å². The van der Waals surface area contributed by atoms with Crippen LogP contribution in [0.15, 0.2) is 28.2 Å². The van der Waals surface area contributed by atoms with Gasteiger partial charge in [-0.1, -0.05) is 27.7 Å². The lowest BCUT2D eigenvalue weighted by Crippen LogP contribution is -2.15. The van der Waals surface area contributed by atoms with Crippen molar-refractivity contribution in [3.8, 4) is 17.3 Å². The van der Waals surface area contributed by atoms with E-state index in [-0.39, 0.29) is 17.1 Å². The van der Waals surface area contributed by atoms with Crippen LogP contribution in [0.25, 0.3) is 11.3 Å². The van der Waals surface area contributed by atoms with E-state index in [1.165, 1.54) is 30.0 Å². The van der Waals surface area contributed by atoms with Gasteiger partial charge in [0.05, 0.1) is 5.69 Å². The van der Waals surface area contributed by atoms with Crippen molar-refractivity contribution in [1.29, 1.82) is 5.26 Å². The number of thioether (sulfide) groups is 1. The molecule has 0 aliphatic heterocycles. The first-order chi connectivity index (χ1) is 9.60. The molecular formula is C13H9BrFN3OS. The van der Waals surface area contributed by atoms with E-state index in [9.17, 15) is 9.18 Å². The molecule has 0 aliphatic rings. The molecule has 4 nitrogen and oxygen atoms in total. The van der Waals surface area contributed by atoms with Gasteiger partial charge < -0.3 is 4.98 Å². The number of benzene rings is 1. The third-order valence-electron chi connectivity index (χ3n) is 2.67. The second-order valence-corrected chi connectivity index (χ2v) is 5.20. The van der Waals surface area contributed by atoms with E-state index in [2.05, 4.69) is 25.9 Å². The fourth-order valence-corrected chi connectivity index (χ4v) is 2.59. The van der Waals surface area contributed by atoms with Crippen LogP contribution >= 0.6 is 27.7 Å². The second kappa shape index (κ2) is 6.20. The first-order valence-corrected chi connectivity index (χ1v) is 7.88. The molecule has 20 heavy (non-hydrogen) atoms. The van der Waals surface area contributed by atoms with Gasteiger partial charge in [-0.25, -0.2) is 9.37 Å². The number of aromatic nitrogens is 2. The number of halogens is 2. The van der Waals surface area contributed by atoms with Crippen LogP contribution in [0, 0.1) is 17.1 Å². The molecule has 0 bridgehead atoms. The highest BCUT2D eigenvalue weighted by Gasteiger charge is 2.16. The maximum absolute atomic E-state index is 13.3. The maximum atomic E-state index is 13.3. The summed E-state index contributed by atoms with van der Waals surface area (Å²) in [6, 6.07) is 6.02. The van der Waals surface area contributed by atoms with Crippen molar-refractivity contribution in [2.24, 2.45) is 0 Å². The van der Waals surface area contributed by atoms with Crippen LogP contribution in [-0.4, -0.2) is 16.2 Å². The minimum atomic E-state index is -0.494. The van der Waals surface area contributed by atoms with Crippen molar-refractivity contribution < 1.29 is 4.39 Å². The molecule has 0 unspecified atom stereocenters. The lowest BCUT2D eigenvalue weighted by atomic mass is 10.0. The molecule has 2 aromatic rings. The highest BCUT2D eigenvalue weighted by atomic mass is 79.9. The van der Waals surface area contributed by atoms with Crippen LogP contribution in [0.3, 0.4) is 0 Å². The van der Waals surface area contributed by atoms with Gasteiger partial charge in [-0.05, 0) is 30.0 Å². The molecule has 102 valence electrons. The van der Waals surface area contributed by atoms with Crippen molar-refractivity contribution in [3.05, 3.63) is 45.5 Å². The Morgan fingerprint density at radius 2 is 2.30 bits per heavy atom. The Morgan fingerprint density at radius 3 is 2.90 bits per heavy atom. The smallest absolute Gasteiger partial charge is 0.270 e. The first-order valence-electron chi connectivity index (χ1n) is 5.54. The largest absolute Gasteiger partial charge is 0.300 e. The average Bonchev–Trinajstić information content (AvgIpc) is 2.46. The fraction of sp³-hybridized carbons (Fsp3) is 0.154. The van der Waals surface area contributed by atoms with Gasteiger partial charge in [0, 0.05) is 10.9 Å². The molecule has 0 saturated heterocycles. The highest BCUT2D eigenvalue weighted by Crippen LogP contribution is 2.27. The Labute approximate surface area is 127 Å². The van der Waals surface area contributed by atoms with Gasteiger partial charge in [0.1, 0.15) is 17.4 Å². The Hall–Kier alpha value is -1.65. The number of hydrogen-bond donors (Lipinski definition) is 1. The van der Waals surface area contributed by atoms with E-state index in [4.69, 9.17) is 5.26 Å². The molecule has 0 spiro atoms. The molecule has 0 aliphatic carbocycles. The quantitative estimate of drug-likeness (QED) is 0.523. The van der Waals surface area contributed by atoms with Crippen LogP contribution in [0.1, 0.15) is 11.1 Å². The van der Waals surface area contributed by atoms with E-state index < -0.39 is 5.56 Å². The predicted octanol–water partition coefficient (Wildman–Crippen LogP) is 3.06. The summed E-state index contributed by atoms with van der Waals surface area (Å²) in [6.45, 7) is 0.